The summed E-state index contributed by atoms with van der Waals surface area (Å²) in [5.74, 6) is 0. The minimum absolute atomic E-state index is 0.896. The minimum Gasteiger partial charge on any atom is -0.341 e. The summed E-state index contributed by atoms with van der Waals surface area (Å²) >= 11 is 6.84. The molecule has 1 aromatic heterocycles. The summed E-state index contributed by atoms with van der Waals surface area (Å²) in [4.78, 5) is 4.59. The zero-order chi connectivity index (χ0) is 11.4. The maximum Gasteiger partial charge on any atom is 0.158 e. The monoisotopic (exact) mass is 249 g/mol. The van der Waals surface area contributed by atoms with E-state index in [-0.39, 0.29) is 0 Å². The molecular weight excluding hydrogens is 234 g/mol. The van der Waals surface area contributed by atoms with Crippen molar-refractivity contribution in [2.24, 2.45) is 0 Å². The predicted octanol–water partition coefficient (Wildman–Crippen LogP) is 4.29. The molecule has 2 rings (SSSR count). The van der Waals surface area contributed by atoms with Crippen molar-refractivity contribution >= 4 is 23.6 Å². The van der Waals surface area contributed by atoms with Crippen LogP contribution in [0, 0.1) is 10.9 Å². The van der Waals surface area contributed by atoms with Gasteiger partial charge in [0.2, 0.25) is 0 Å². The molecule has 1 aromatic carbocycles. The molecule has 3 heteroatoms. The zero-order valence-electron chi connectivity index (χ0n) is 9.32. The van der Waals surface area contributed by atoms with Gasteiger partial charge in [-0.2, -0.15) is 0 Å². The molecule has 0 radical (unpaired) electrons. The Morgan fingerprint density at radius 1 is 1.19 bits per heavy atom. The second kappa shape index (κ2) is 5.41. The van der Waals surface area contributed by atoms with Gasteiger partial charge in [0.15, 0.2) is 3.95 Å². The first kappa shape index (κ1) is 11.6. The van der Waals surface area contributed by atoms with E-state index in [1.807, 2.05) is 0 Å². The Morgan fingerprint density at radius 2 is 1.94 bits per heavy atom. The number of H-pyrrole nitrogens is 1. The van der Waals surface area contributed by atoms with Crippen molar-refractivity contribution in [3.63, 3.8) is 0 Å². The normalized spacial score (nSPS) is 10.6. The molecule has 1 nitrogen and oxygen atoms in total. The van der Waals surface area contributed by atoms with E-state index in [1.165, 1.54) is 22.6 Å². The van der Waals surface area contributed by atoms with Crippen LogP contribution in [0.2, 0.25) is 0 Å². The lowest BCUT2D eigenvalue weighted by Crippen LogP contribution is -1.89. The highest BCUT2D eigenvalue weighted by Gasteiger charge is 2.01. The second-order valence-electron chi connectivity index (χ2n) is 3.90. The van der Waals surface area contributed by atoms with Crippen LogP contribution < -0.4 is 0 Å². The maximum absolute atomic E-state index is 5.13. The zero-order valence-corrected chi connectivity index (χ0v) is 11.0. The van der Waals surface area contributed by atoms with Crippen molar-refractivity contribution in [1.82, 2.24) is 4.98 Å². The Kier molecular flexibility index (Phi) is 3.91. The van der Waals surface area contributed by atoms with Gasteiger partial charge in [0.25, 0.3) is 0 Å². The van der Waals surface area contributed by atoms with Crippen molar-refractivity contribution in [3.8, 4) is 0 Å². The maximum atomic E-state index is 5.13. The van der Waals surface area contributed by atoms with Crippen LogP contribution >= 0.6 is 23.6 Å². The van der Waals surface area contributed by atoms with Gasteiger partial charge in [-0.3, -0.25) is 0 Å². The summed E-state index contributed by atoms with van der Waals surface area (Å²) < 4.78 is 0.896. The van der Waals surface area contributed by atoms with E-state index in [0.717, 1.165) is 16.8 Å². The van der Waals surface area contributed by atoms with E-state index in [0.29, 0.717) is 0 Å². The van der Waals surface area contributed by atoms with Gasteiger partial charge in [-0.25, -0.2) is 0 Å². The molecule has 0 aliphatic carbocycles. The van der Waals surface area contributed by atoms with Crippen molar-refractivity contribution in [1.29, 1.82) is 0 Å². The lowest BCUT2D eigenvalue weighted by Gasteiger charge is -2.00. The quantitative estimate of drug-likeness (QED) is 0.799. The highest BCUT2D eigenvalue weighted by atomic mass is 32.1. The van der Waals surface area contributed by atoms with Crippen LogP contribution in [-0.2, 0) is 12.8 Å². The van der Waals surface area contributed by atoms with Gasteiger partial charge in [-0.05, 0) is 44.0 Å². The summed E-state index contributed by atoms with van der Waals surface area (Å²) in [6.07, 6.45) is 3.46. The molecule has 0 spiro atoms. The van der Waals surface area contributed by atoms with Gasteiger partial charge < -0.3 is 4.98 Å². The van der Waals surface area contributed by atoms with Crippen molar-refractivity contribution in [2.75, 3.05) is 0 Å². The molecule has 0 bridgehead atoms. The van der Waals surface area contributed by atoms with Crippen LogP contribution in [0.4, 0.5) is 0 Å². The lowest BCUT2D eigenvalue weighted by atomic mass is 10.1. The summed E-state index contributed by atoms with van der Waals surface area (Å²) in [6, 6.07) is 10.6. The average molecular weight is 249 g/mol. The van der Waals surface area contributed by atoms with Gasteiger partial charge in [0.1, 0.15) is 0 Å². The van der Waals surface area contributed by atoms with Crippen LogP contribution in [0.5, 0.6) is 0 Å². The molecular formula is C13H15NS2. The molecule has 16 heavy (non-hydrogen) atoms. The molecule has 1 heterocycles. The molecule has 0 fully saturated rings. The molecule has 0 atom stereocenters. The molecule has 0 unspecified atom stereocenters. The van der Waals surface area contributed by atoms with Crippen LogP contribution in [0.1, 0.15) is 22.6 Å². The molecule has 0 amide bonds. The van der Waals surface area contributed by atoms with Crippen LogP contribution in [0.15, 0.2) is 30.3 Å². The standard InChI is InChI=1S/C13H15NS2/c1-10-12(16-13(15)14-10)9-5-8-11-6-3-2-4-7-11/h2-4,6-7H,5,8-9H2,1H3,(H,14,15). The first-order valence-electron chi connectivity index (χ1n) is 5.48. The SMILES string of the molecule is Cc1[nH]c(=S)sc1CCCc1ccccc1. The minimum atomic E-state index is 0.896. The highest BCUT2D eigenvalue weighted by Crippen LogP contribution is 2.17. The third-order valence-corrected chi connectivity index (χ3v) is 4.03. The number of hydrogen-bond donors (Lipinski definition) is 1. The Labute approximate surface area is 105 Å². The van der Waals surface area contributed by atoms with Crippen molar-refractivity contribution < 1.29 is 0 Å². The second-order valence-corrected chi connectivity index (χ2v) is 5.67. The van der Waals surface area contributed by atoms with E-state index in [4.69, 9.17) is 12.2 Å². The summed E-state index contributed by atoms with van der Waals surface area (Å²) in [5.41, 5.74) is 2.65. The van der Waals surface area contributed by atoms with Gasteiger partial charge >= 0.3 is 0 Å². The summed E-state index contributed by atoms with van der Waals surface area (Å²) in [5, 5.41) is 0. The van der Waals surface area contributed by atoms with Gasteiger partial charge in [-0.1, -0.05) is 30.3 Å². The van der Waals surface area contributed by atoms with Gasteiger partial charge in [0, 0.05) is 10.6 Å². The molecule has 0 aliphatic rings. The number of rotatable bonds is 4. The third-order valence-electron chi connectivity index (χ3n) is 2.64. The first-order valence-corrected chi connectivity index (χ1v) is 6.70. The molecule has 1 N–H and O–H groups in total. The molecule has 0 aliphatic heterocycles. The topological polar surface area (TPSA) is 15.8 Å². The first-order chi connectivity index (χ1) is 7.75. The number of nitrogens with one attached hydrogen (secondary N) is 1. The Balaban J connectivity index is 1.89. The smallest absolute Gasteiger partial charge is 0.158 e. The highest BCUT2D eigenvalue weighted by molar-refractivity contribution is 7.73. The van der Waals surface area contributed by atoms with Gasteiger partial charge in [0.05, 0.1) is 0 Å². The third kappa shape index (κ3) is 3.03. The fourth-order valence-electron chi connectivity index (χ4n) is 1.77. The van der Waals surface area contributed by atoms with Crippen LogP contribution in [0.25, 0.3) is 0 Å². The summed E-state index contributed by atoms with van der Waals surface area (Å²) in [7, 11) is 0. The summed E-state index contributed by atoms with van der Waals surface area (Å²) in [6.45, 7) is 2.10. The molecule has 2 aromatic rings. The van der Waals surface area contributed by atoms with Crippen LogP contribution in [-0.4, -0.2) is 4.98 Å². The predicted molar refractivity (Wildman–Crippen MR) is 72.7 cm³/mol. The molecule has 0 saturated heterocycles. The number of aromatic nitrogens is 1. The lowest BCUT2D eigenvalue weighted by molar-refractivity contribution is 0.824. The largest absolute Gasteiger partial charge is 0.341 e. The van der Waals surface area contributed by atoms with E-state index in [1.54, 1.807) is 11.3 Å². The van der Waals surface area contributed by atoms with Crippen molar-refractivity contribution in [2.45, 2.75) is 26.2 Å². The number of aryl methyl sites for hydroxylation is 3. The molecule has 84 valence electrons. The number of benzene rings is 1. The van der Waals surface area contributed by atoms with E-state index in [2.05, 4.69) is 42.2 Å². The van der Waals surface area contributed by atoms with E-state index >= 15 is 0 Å². The van der Waals surface area contributed by atoms with Crippen molar-refractivity contribution in [3.05, 3.63) is 50.4 Å². The fraction of sp³-hybridized carbons (Fsp3) is 0.308. The number of hydrogen-bond acceptors (Lipinski definition) is 2. The van der Waals surface area contributed by atoms with E-state index < -0.39 is 0 Å². The number of aromatic amines is 1. The average Bonchev–Trinajstić information content (AvgIpc) is 2.59. The molecule has 0 saturated carbocycles. The fourth-order valence-corrected chi connectivity index (χ4v) is 3.11. The number of thiazole rings is 1. The Morgan fingerprint density at radius 3 is 2.56 bits per heavy atom. The van der Waals surface area contributed by atoms with Crippen LogP contribution in [0.3, 0.4) is 0 Å². The van der Waals surface area contributed by atoms with Gasteiger partial charge in [-0.15, -0.1) is 11.3 Å². The Bertz CT molecular complexity index is 496. The Hall–Kier alpha value is -0.930. The van der Waals surface area contributed by atoms with E-state index in [9.17, 15) is 0 Å².